The molecule has 0 saturated heterocycles. The van der Waals surface area contributed by atoms with Gasteiger partial charge in [-0.25, -0.2) is 0 Å². The van der Waals surface area contributed by atoms with Gasteiger partial charge in [-0.2, -0.15) is 0 Å². The summed E-state index contributed by atoms with van der Waals surface area (Å²) >= 11 is 0. The Kier molecular flexibility index (Phi) is 28.7. The minimum atomic E-state index is -1.00. The van der Waals surface area contributed by atoms with Gasteiger partial charge in [-0.05, 0) is 50.9 Å². The maximum atomic E-state index is 11.9. The summed E-state index contributed by atoms with van der Waals surface area (Å²) in [6.45, 7) is 6.42. The molecule has 0 aliphatic heterocycles. The van der Waals surface area contributed by atoms with E-state index in [9.17, 15) is 19.8 Å². The molecular formula is C36H62O6. The van der Waals surface area contributed by atoms with Crippen LogP contribution in [0.2, 0.25) is 0 Å². The molecule has 0 saturated carbocycles. The summed E-state index contributed by atoms with van der Waals surface area (Å²) in [5.41, 5.74) is 0. The normalized spacial score (nSPS) is 14.3. The lowest BCUT2D eigenvalue weighted by molar-refractivity contribution is -0.152. The smallest absolute Gasteiger partial charge is 0.305 e. The fraction of sp³-hybridized carbons (Fsp3) is 0.722. The van der Waals surface area contributed by atoms with E-state index in [-0.39, 0.29) is 31.6 Å². The number of esters is 2. The first-order chi connectivity index (χ1) is 20.4. The van der Waals surface area contributed by atoms with Gasteiger partial charge in [0.25, 0.3) is 0 Å². The molecule has 0 amide bonds. The van der Waals surface area contributed by atoms with Crippen molar-refractivity contribution in [3.63, 3.8) is 0 Å². The average Bonchev–Trinajstić information content (AvgIpc) is 2.98. The molecule has 2 N–H and O–H groups in total. The van der Waals surface area contributed by atoms with Gasteiger partial charge >= 0.3 is 11.9 Å². The van der Waals surface area contributed by atoms with Crippen molar-refractivity contribution in [1.29, 1.82) is 0 Å². The van der Waals surface area contributed by atoms with Gasteiger partial charge in [-0.15, -0.1) is 0 Å². The second-order valence-electron chi connectivity index (χ2n) is 11.4. The minimum Gasteiger partial charge on any atom is -0.463 e. The van der Waals surface area contributed by atoms with Crippen molar-refractivity contribution in [3.05, 3.63) is 48.6 Å². The molecule has 0 aromatic heterocycles. The van der Waals surface area contributed by atoms with Crippen LogP contribution in [0.4, 0.5) is 0 Å². The summed E-state index contributed by atoms with van der Waals surface area (Å²) in [5, 5.41) is 19.9. The number of allylic oxidation sites excluding steroid dienone is 6. The van der Waals surface area contributed by atoms with Gasteiger partial charge in [0.1, 0.15) is 19.3 Å². The van der Waals surface area contributed by atoms with Crippen LogP contribution in [0, 0.1) is 5.92 Å². The first-order valence-electron chi connectivity index (χ1n) is 16.7. The number of rotatable bonds is 28. The van der Waals surface area contributed by atoms with E-state index in [4.69, 9.17) is 9.47 Å². The SMILES string of the molecule is CCCCC/C=C\C[C@@H](O)/C=C/C=C\C/C=C\CCCC(=O)OC[C@H](O)COC(=O)CCCCCCCCC(C)CC. The van der Waals surface area contributed by atoms with E-state index in [0.29, 0.717) is 19.3 Å². The van der Waals surface area contributed by atoms with Gasteiger partial charge < -0.3 is 19.7 Å². The number of carbonyl (C=O) groups excluding carboxylic acids is 2. The first-order valence-corrected chi connectivity index (χ1v) is 16.7. The molecule has 0 spiro atoms. The molecule has 0 heterocycles. The van der Waals surface area contributed by atoms with E-state index in [2.05, 4.69) is 26.8 Å². The Morgan fingerprint density at radius 1 is 0.690 bits per heavy atom. The zero-order chi connectivity index (χ0) is 31.1. The van der Waals surface area contributed by atoms with Crippen molar-refractivity contribution in [2.75, 3.05) is 13.2 Å². The lowest BCUT2D eigenvalue weighted by Crippen LogP contribution is -2.25. The van der Waals surface area contributed by atoms with Gasteiger partial charge in [0, 0.05) is 12.8 Å². The quantitative estimate of drug-likeness (QED) is 0.0410. The molecule has 0 aliphatic carbocycles. The van der Waals surface area contributed by atoms with Gasteiger partial charge in [-0.1, -0.05) is 127 Å². The summed E-state index contributed by atoms with van der Waals surface area (Å²) < 4.78 is 10.2. The molecule has 242 valence electrons. The van der Waals surface area contributed by atoms with Crippen molar-refractivity contribution < 1.29 is 29.3 Å². The van der Waals surface area contributed by atoms with Crippen LogP contribution < -0.4 is 0 Å². The Bertz CT molecular complexity index is 754. The maximum absolute atomic E-state index is 11.9. The highest BCUT2D eigenvalue weighted by Crippen LogP contribution is 2.14. The third kappa shape index (κ3) is 29.3. The Morgan fingerprint density at radius 3 is 2.00 bits per heavy atom. The number of carbonyl (C=O) groups is 2. The van der Waals surface area contributed by atoms with Crippen LogP contribution in [-0.2, 0) is 19.1 Å². The Labute approximate surface area is 257 Å². The van der Waals surface area contributed by atoms with Crippen molar-refractivity contribution in [1.82, 2.24) is 0 Å². The zero-order valence-electron chi connectivity index (χ0n) is 27.0. The predicted octanol–water partition coefficient (Wildman–Crippen LogP) is 8.72. The molecule has 1 unspecified atom stereocenters. The van der Waals surface area contributed by atoms with Crippen molar-refractivity contribution >= 4 is 11.9 Å². The number of aliphatic hydroxyl groups is 2. The van der Waals surface area contributed by atoms with Crippen molar-refractivity contribution in [3.8, 4) is 0 Å². The van der Waals surface area contributed by atoms with E-state index >= 15 is 0 Å². The second kappa shape index (κ2) is 30.3. The first kappa shape index (κ1) is 39.8. The van der Waals surface area contributed by atoms with Crippen LogP contribution in [-0.4, -0.2) is 47.6 Å². The summed E-state index contributed by atoms with van der Waals surface area (Å²) in [5.74, 6) is 0.143. The van der Waals surface area contributed by atoms with E-state index in [0.717, 1.165) is 44.4 Å². The van der Waals surface area contributed by atoms with Crippen LogP contribution in [0.1, 0.15) is 136 Å². The van der Waals surface area contributed by atoms with Crippen LogP contribution in [0.5, 0.6) is 0 Å². The molecule has 42 heavy (non-hydrogen) atoms. The summed E-state index contributed by atoms with van der Waals surface area (Å²) in [6, 6.07) is 0. The van der Waals surface area contributed by atoms with Crippen molar-refractivity contribution in [2.24, 2.45) is 5.92 Å². The lowest BCUT2D eigenvalue weighted by atomic mass is 10.00. The van der Waals surface area contributed by atoms with E-state index in [1.165, 1.54) is 51.4 Å². The molecule has 0 aromatic rings. The predicted molar refractivity (Wildman–Crippen MR) is 174 cm³/mol. The largest absolute Gasteiger partial charge is 0.463 e. The molecule has 6 heteroatoms. The number of aliphatic hydroxyl groups excluding tert-OH is 2. The molecular weight excluding hydrogens is 528 g/mol. The third-order valence-electron chi connectivity index (χ3n) is 7.19. The molecule has 3 atom stereocenters. The molecule has 0 radical (unpaired) electrons. The Hall–Kier alpha value is -2.18. The molecule has 6 nitrogen and oxygen atoms in total. The molecule has 0 aliphatic rings. The molecule has 0 rings (SSSR count). The lowest BCUT2D eigenvalue weighted by Gasteiger charge is -2.12. The monoisotopic (exact) mass is 590 g/mol. The summed E-state index contributed by atoms with van der Waals surface area (Å²) in [7, 11) is 0. The van der Waals surface area contributed by atoms with E-state index < -0.39 is 12.2 Å². The van der Waals surface area contributed by atoms with Gasteiger partial charge in [-0.3, -0.25) is 9.59 Å². The number of unbranched alkanes of at least 4 members (excludes halogenated alkanes) is 9. The fourth-order valence-electron chi connectivity index (χ4n) is 4.19. The summed E-state index contributed by atoms with van der Waals surface area (Å²) in [6.07, 6.45) is 32.0. The van der Waals surface area contributed by atoms with Crippen LogP contribution in [0.15, 0.2) is 48.6 Å². The van der Waals surface area contributed by atoms with Crippen LogP contribution in [0.3, 0.4) is 0 Å². The second-order valence-corrected chi connectivity index (χ2v) is 11.4. The van der Waals surface area contributed by atoms with Crippen LogP contribution >= 0.6 is 0 Å². The molecule has 0 fully saturated rings. The molecule has 0 aromatic carbocycles. The Balaban J connectivity index is 3.69. The van der Waals surface area contributed by atoms with E-state index in [1.54, 1.807) is 6.08 Å². The zero-order valence-corrected chi connectivity index (χ0v) is 27.0. The maximum Gasteiger partial charge on any atom is 0.305 e. The van der Waals surface area contributed by atoms with E-state index in [1.807, 2.05) is 36.5 Å². The standard InChI is InChI=1S/C36H62O6/c1-4-6-7-8-16-21-26-33(37)27-22-17-11-9-10-12-18-23-28-35(39)41-30-34(38)31-42-36(40)29-24-19-14-13-15-20-25-32(3)5-2/h10-12,16-17,21-22,27,32-34,37-38H,4-9,13-15,18-20,23-26,28-31H2,1-3H3/b12-10-,17-11-,21-16-,27-22+/t32?,33-,34+/m1/s1. The topological polar surface area (TPSA) is 93.1 Å². The number of hydrogen-bond donors (Lipinski definition) is 2. The highest BCUT2D eigenvalue weighted by molar-refractivity contribution is 5.69. The van der Waals surface area contributed by atoms with Gasteiger partial charge in [0.2, 0.25) is 0 Å². The molecule has 0 bridgehead atoms. The highest BCUT2D eigenvalue weighted by atomic mass is 16.6. The van der Waals surface area contributed by atoms with Crippen LogP contribution in [0.25, 0.3) is 0 Å². The van der Waals surface area contributed by atoms with Gasteiger partial charge in [0.15, 0.2) is 0 Å². The third-order valence-corrected chi connectivity index (χ3v) is 7.19. The van der Waals surface area contributed by atoms with Crippen molar-refractivity contribution in [2.45, 2.75) is 149 Å². The number of hydrogen-bond acceptors (Lipinski definition) is 6. The average molecular weight is 591 g/mol. The minimum absolute atomic E-state index is 0.150. The fourth-order valence-corrected chi connectivity index (χ4v) is 4.19. The highest BCUT2D eigenvalue weighted by Gasteiger charge is 2.12. The number of ether oxygens (including phenoxy) is 2. The summed E-state index contributed by atoms with van der Waals surface area (Å²) in [4.78, 5) is 23.7. The van der Waals surface area contributed by atoms with Gasteiger partial charge in [0.05, 0.1) is 6.10 Å². The Morgan fingerprint density at radius 2 is 1.31 bits per heavy atom.